The van der Waals surface area contributed by atoms with Crippen molar-refractivity contribution in [3.05, 3.63) is 59.2 Å². The Hall–Kier alpha value is -2.85. The number of hydrogen-bond donors (Lipinski definition) is 2. The number of sulfonamides is 1. The van der Waals surface area contributed by atoms with Gasteiger partial charge in [0.05, 0.1) is 10.6 Å². The van der Waals surface area contributed by atoms with Crippen molar-refractivity contribution in [3.63, 3.8) is 0 Å². The first-order valence-electron chi connectivity index (χ1n) is 9.73. The summed E-state index contributed by atoms with van der Waals surface area (Å²) in [5.74, 6) is -4.00. The van der Waals surface area contributed by atoms with Gasteiger partial charge < -0.3 is 10.6 Å². The second-order valence-electron chi connectivity index (χ2n) is 7.47. The van der Waals surface area contributed by atoms with E-state index in [0.29, 0.717) is 31.0 Å². The summed E-state index contributed by atoms with van der Waals surface area (Å²) in [5, 5.41) is 4.47. The van der Waals surface area contributed by atoms with Crippen molar-refractivity contribution >= 4 is 27.5 Å². The zero-order valence-electron chi connectivity index (χ0n) is 17.1. The molecule has 0 unspecified atom stereocenters. The van der Waals surface area contributed by atoms with Gasteiger partial charge in [-0.05, 0) is 56.0 Å². The molecule has 0 aromatic heterocycles. The minimum atomic E-state index is -3.77. The van der Waals surface area contributed by atoms with Crippen molar-refractivity contribution in [1.82, 2.24) is 9.62 Å². The van der Waals surface area contributed by atoms with E-state index >= 15 is 0 Å². The molecule has 10 heteroatoms. The number of rotatable bonds is 5. The fraction of sp³-hybridized carbons (Fsp3) is 0.333. The first kappa shape index (κ1) is 22.8. The number of hydrogen-bond acceptors (Lipinski definition) is 4. The summed E-state index contributed by atoms with van der Waals surface area (Å²) in [6.45, 7) is 3.77. The van der Waals surface area contributed by atoms with Crippen molar-refractivity contribution in [2.75, 3.05) is 18.4 Å². The normalized spacial score (nSPS) is 16.8. The molecule has 1 fully saturated rings. The molecule has 3 rings (SSSR count). The molecule has 0 spiro atoms. The van der Waals surface area contributed by atoms with Gasteiger partial charge in [-0.2, -0.15) is 4.31 Å². The van der Waals surface area contributed by atoms with E-state index in [1.165, 1.54) is 4.31 Å². The maximum absolute atomic E-state index is 13.7. The Kier molecular flexibility index (Phi) is 6.71. The fourth-order valence-corrected chi connectivity index (χ4v) is 5.51. The Labute approximate surface area is 179 Å². The van der Waals surface area contributed by atoms with Crippen LogP contribution < -0.4 is 10.6 Å². The molecule has 2 aromatic rings. The second-order valence-corrected chi connectivity index (χ2v) is 9.33. The molecule has 2 amide bonds. The van der Waals surface area contributed by atoms with Gasteiger partial charge in [-0.3, -0.25) is 9.59 Å². The van der Waals surface area contributed by atoms with Gasteiger partial charge >= 0.3 is 11.8 Å². The second kappa shape index (κ2) is 9.11. The van der Waals surface area contributed by atoms with Gasteiger partial charge in [-0.15, -0.1) is 0 Å². The third-order valence-electron chi connectivity index (χ3n) is 5.14. The first-order chi connectivity index (χ1) is 14.6. The Balaban J connectivity index is 1.66. The van der Waals surface area contributed by atoms with Crippen LogP contribution in [0, 0.1) is 25.5 Å². The molecular weight excluding hydrogens is 428 g/mol. The molecule has 2 aromatic carbocycles. The van der Waals surface area contributed by atoms with Crippen LogP contribution in [0.2, 0.25) is 0 Å². The molecule has 1 heterocycles. The molecule has 2 N–H and O–H groups in total. The van der Waals surface area contributed by atoms with E-state index in [4.69, 9.17) is 0 Å². The van der Waals surface area contributed by atoms with Gasteiger partial charge in [-0.25, -0.2) is 17.2 Å². The maximum Gasteiger partial charge on any atom is 0.313 e. The highest BCUT2D eigenvalue weighted by atomic mass is 32.2. The summed E-state index contributed by atoms with van der Waals surface area (Å²) in [4.78, 5) is 24.4. The smallest absolute Gasteiger partial charge is 0.313 e. The van der Waals surface area contributed by atoms with Crippen molar-refractivity contribution in [2.24, 2.45) is 0 Å². The molecular formula is C21H23F2N3O4S. The number of aryl methyl sites for hydroxylation is 2. The molecule has 7 nitrogen and oxygen atoms in total. The number of halogens is 2. The molecule has 1 aliphatic rings. The molecule has 0 radical (unpaired) electrons. The molecule has 1 aliphatic heterocycles. The summed E-state index contributed by atoms with van der Waals surface area (Å²) in [7, 11) is -3.77. The van der Waals surface area contributed by atoms with E-state index in [0.717, 1.165) is 17.7 Å². The summed E-state index contributed by atoms with van der Waals surface area (Å²) >= 11 is 0. The zero-order valence-corrected chi connectivity index (χ0v) is 17.9. The van der Waals surface area contributed by atoms with Crippen LogP contribution in [-0.2, 0) is 19.6 Å². The van der Waals surface area contributed by atoms with Crippen LogP contribution in [0.5, 0.6) is 0 Å². The van der Waals surface area contributed by atoms with E-state index in [2.05, 4.69) is 10.6 Å². The largest absolute Gasteiger partial charge is 0.346 e. The van der Waals surface area contributed by atoms with Crippen molar-refractivity contribution in [3.8, 4) is 0 Å². The molecule has 166 valence electrons. The van der Waals surface area contributed by atoms with Crippen LogP contribution in [0.15, 0.2) is 41.3 Å². The number of amides is 2. The molecule has 1 saturated heterocycles. The summed E-state index contributed by atoms with van der Waals surface area (Å²) in [6.07, 6.45) is 1.15. The van der Waals surface area contributed by atoms with E-state index in [9.17, 15) is 26.8 Å². The Bertz CT molecular complexity index is 1120. The number of anilines is 1. The SMILES string of the molecule is Cc1ccc(C)c(S(=O)(=O)N2CCC[C@@H]2CNC(=O)C(=O)Nc2ccc(F)cc2F)c1. The van der Waals surface area contributed by atoms with Crippen LogP contribution in [0.25, 0.3) is 0 Å². The lowest BCUT2D eigenvalue weighted by Gasteiger charge is -2.25. The van der Waals surface area contributed by atoms with Crippen LogP contribution in [0.3, 0.4) is 0 Å². The van der Waals surface area contributed by atoms with Gasteiger partial charge in [0.25, 0.3) is 0 Å². The quantitative estimate of drug-likeness (QED) is 0.683. The average molecular weight is 451 g/mol. The maximum atomic E-state index is 13.7. The number of nitrogens with one attached hydrogen (secondary N) is 2. The topological polar surface area (TPSA) is 95.6 Å². The number of benzene rings is 2. The predicted octanol–water partition coefficient (Wildman–Crippen LogP) is 2.49. The minimum absolute atomic E-state index is 0.0672. The van der Waals surface area contributed by atoms with Gasteiger partial charge in [0.15, 0.2) is 0 Å². The number of nitrogens with zero attached hydrogens (tertiary/aromatic N) is 1. The van der Waals surface area contributed by atoms with Crippen LogP contribution in [-0.4, -0.2) is 43.7 Å². The summed E-state index contributed by atoms with van der Waals surface area (Å²) in [5.41, 5.74) is 1.11. The van der Waals surface area contributed by atoms with Crippen molar-refractivity contribution in [2.45, 2.75) is 37.6 Å². The number of carbonyl (C=O) groups excluding carboxylic acids is 2. The van der Waals surface area contributed by atoms with Gasteiger partial charge in [0, 0.05) is 25.2 Å². The van der Waals surface area contributed by atoms with Crippen LogP contribution >= 0.6 is 0 Å². The molecule has 0 saturated carbocycles. The lowest BCUT2D eigenvalue weighted by Crippen LogP contribution is -2.45. The first-order valence-corrected chi connectivity index (χ1v) is 11.2. The van der Waals surface area contributed by atoms with Gasteiger partial charge in [0.2, 0.25) is 10.0 Å². The van der Waals surface area contributed by atoms with Crippen LogP contribution in [0.1, 0.15) is 24.0 Å². The Morgan fingerprint density at radius 3 is 2.55 bits per heavy atom. The third kappa shape index (κ3) is 5.08. The minimum Gasteiger partial charge on any atom is -0.346 e. The highest BCUT2D eigenvalue weighted by Crippen LogP contribution is 2.28. The zero-order chi connectivity index (χ0) is 22.8. The van der Waals surface area contributed by atoms with E-state index in [1.54, 1.807) is 19.1 Å². The highest BCUT2D eigenvalue weighted by Gasteiger charge is 2.36. The highest BCUT2D eigenvalue weighted by molar-refractivity contribution is 7.89. The summed E-state index contributed by atoms with van der Waals surface area (Å²) < 4.78 is 54.3. The van der Waals surface area contributed by atoms with E-state index < -0.39 is 39.5 Å². The monoisotopic (exact) mass is 451 g/mol. The van der Waals surface area contributed by atoms with Crippen molar-refractivity contribution < 1.29 is 26.8 Å². The van der Waals surface area contributed by atoms with E-state index in [-0.39, 0.29) is 17.1 Å². The lowest BCUT2D eigenvalue weighted by molar-refractivity contribution is -0.136. The summed E-state index contributed by atoms with van der Waals surface area (Å²) in [6, 6.07) is 7.22. The van der Waals surface area contributed by atoms with Crippen molar-refractivity contribution in [1.29, 1.82) is 0 Å². The fourth-order valence-electron chi connectivity index (χ4n) is 3.50. The molecule has 31 heavy (non-hydrogen) atoms. The van der Waals surface area contributed by atoms with Crippen LogP contribution in [0.4, 0.5) is 14.5 Å². The van der Waals surface area contributed by atoms with Gasteiger partial charge in [0.1, 0.15) is 11.6 Å². The average Bonchev–Trinajstić information content (AvgIpc) is 3.19. The molecule has 0 bridgehead atoms. The Morgan fingerprint density at radius 1 is 1.10 bits per heavy atom. The third-order valence-corrected chi connectivity index (χ3v) is 7.23. The predicted molar refractivity (Wildman–Crippen MR) is 111 cm³/mol. The number of carbonyl (C=O) groups is 2. The van der Waals surface area contributed by atoms with Gasteiger partial charge in [-0.1, -0.05) is 12.1 Å². The molecule has 1 atom stereocenters. The Morgan fingerprint density at radius 2 is 1.84 bits per heavy atom. The lowest BCUT2D eigenvalue weighted by atomic mass is 10.2. The molecule has 0 aliphatic carbocycles. The standard InChI is InChI=1S/C21H23F2N3O4S/c1-13-5-6-14(2)19(10-13)31(29,30)26-9-3-4-16(26)12-24-20(27)21(28)25-18-8-7-15(22)11-17(18)23/h5-8,10-11,16H,3-4,9,12H2,1-2H3,(H,24,27)(H,25,28)/t16-/m1/s1. The van der Waals surface area contributed by atoms with E-state index in [1.807, 2.05) is 13.0 Å².